The van der Waals surface area contributed by atoms with Crippen molar-refractivity contribution in [2.75, 3.05) is 6.54 Å². The van der Waals surface area contributed by atoms with Crippen LogP contribution in [0, 0.1) is 24.5 Å². The number of hydrogen-bond donors (Lipinski definition) is 0. The van der Waals surface area contributed by atoms with Crippen LogP contribution in [0.2, 0.25) is 0 Å². The topological polar surface area (TPSA) is 8.17 Å². The van der Waals surface area contributed by atoms with Crippen LogP contribution in [-0.4, -0.2) is 16.0 Å². The smallest absolute Gasteiger partial charge is 0.159 e. The Kier molecular flexibility index (Phi) is 6.63. The van der Waals surface area contributed by atoms with Gasteiger partial charge in [-0.05, 0) is 48.2 Å². The van der Waals surface area contributed by atoms with E-state index in [1.54, 1.807) is 6.07 Å². The monoisotopic (exact) mass is 382 g/mol. The molecule has 3 aromatic rings. The van der Waals surface area contributed by atoms with Crippen molar-refractivity contribution in [3.63, 3.8) is 0 Å². The van der Waals surface area contributed by atoms with E-state index >= 15 is 0 Å². The molecule has 0 N–H and O–H groups in total. The van der Waals surface area contributed by atoms with E-state index in [2.05, 4.69) is 72.8 Å². The van der Waals surface area contributed by atoms with Crippen LogP contribution in [-0.2, 0) is 19.6 Å². The van der Waals surface area contributed by atoms with Gasteiger partial charge in [0, 0.05) is 38.1 Å². The molecule has 2 aromatic carbocycles. The summed E-state index contributed by atoms with van der Waals surface area (Å²) in [5.41, 5.74) is 4.53. The molecule has 0 saturated carbocycles. The summed E-state index contributed by atoms with van der Waals surface area (Å²) in [6, 6.07) is 16.9. The van der Waals surface area contributed by atoms with E-state index in [9.17, 15) is 8.78 Å². The summed E-state index contributed by atoms with van der Waals surface area (Å²) in [5.74, 6) is -1.11. The molecule has 1 heterocycles. The van der Waals surface area contributed by atoms with Crippen LogP contribution in [0.25, 0.3) is 0 Å². The summed E-state index contributed by atoms with van der Waals surface area (Å²) in [6.07, 6.45) is 2.10. The average molecular weight is 382 g/mol. The molecule has 28 heavy (non-hydrogen) atoms. The van der Waals surface area contributed by atoms with Gasteiger partial charge in [0.05, 0.1) is 0 Å². The summed E-state index contributed by atoms with van der Waals surface area (Å²) in [6.45, 7) is 9.50. The van der Waals surface area contributed by atoms with E-state index in [0.29, 0.717) is 12.5 Å². The highest BCUT2D eigenvalue weighted by Gasteiger charge is 2.13. The zero-order valence-electron chi connectivity index (χ0n) is 16.8. The summed E-state index contributed by atoms with van der Waals surface area (Å²) < 4.78 is 29.1. The zero-order chi connectivity index (χ0) is 20.1. The maximum absolute atomic E-state index is 13.6. The minimum Gasteiger partial charge on any atom is -0.346 e. The van der Waals surface area contributed by atoms with Gasteiger partial charge in [0.2, 0.25) is 0 Å². The average Bonchev–Trinajstić information content (AvgIpc) is 3.04. The van der Waals surface area contributed by atoms with Gasteiger partial charge in [-0.2, -0.15) is 0 Å². The van der Waals surface area contributed by atoms with Crippen LogP contribution in [0.1, 0.15) is 36.2 Å². The van der Waals surface area contributed by atoms with Gasteiger partial charge in [-0.25, -0.2) is 8.78 Å². The predicted octanol–water partition coefficient (Wildman–Crippen LogP) is 5.78. The van der Waals surface area contributed by atoms with Gasteiger partial charge in [0.15, 0.2) is 11.6 Å². The lowest BCUT2D eigenvalue weighted by molar-refractivity contribution is 0.222. The SMILES string of the molecule is Cc1cccc(Cn2cccc2CN(Cc2ccc(F)c(F)c2)CC(C)C)c1. The fourth-order valence-corrected chi connectivity index (χ4v) is 3.58. The molecule has 1 aromatic heterocycles. The van der Waals surface area contributed by atoms with Crippen LogP contribution in [0.4, 0.5) is 8.78 Å². The van der Waals surface area contributed by atoms with Crippen LogP contribution in [0.3, 0.4) is 0 Å². The van der Waals surface area contributed by atoms with E-state index < -0.39 is 11.6 Å². The lowest BCUT2D eigenvalue weighted by Crippen LogP contribution is -2.28. The van der Waals surface area contributed by atoms with Crippen molar-refractivity contribution in [2.45, 2.75) is 40.4 Å². The van der Waals surface area contributed by atoms with Crippen molar-refractivity contribution in [3.05, 3.63) is 94.8 Å². The van der Waals surface area contributed by atoms with Gasteiger partial charge in [-0.3, -0.25) is 4.90 Å². The van der Waals surface area contributed by atoms with Gasteiger partial charge < -0.3 is 4.57 Å². The largest absolute Gasteiger partial charge is 0.346 e. The predicted molar refractivity (Wildman–Crippen MR) is 110 cm³/mol. The second-order valence-electron chi connectivity index (χ2n) is 7.93. The molecule has 0 bridgehead atoms. The molecular formula is C24H28F2N2. The maximum atomic E-state index is 13.6. The molecule has 3 rings (SSSR count). The lowest BCUT2D eigenvalue weighted by atomic mass is 10.1. The summed E-state index contributed by atoms with van der Waals surface area (Å²) >= 11 is 0. The minimum absolute atomic E-state index is 0.477. The van der Waals surface area contributed by atoms with E-state index in [1.165, 1.54) is 29.0 Å². The first-order chi connectivity index (χ1) is 13.4. The van der Waals surface area contributed by atoms with Crippen molar-refractivity contribution in [3.8, 4) is 0 Å². The summed E-state index contributed by atoms with van der Waals surface area (Å²) in [5, 5.41) is 0. The third kappa shape index (κ3) is 5.52. The van der Waals surface area contributed by atoms with Crippen molar-refractivity contribution >= 4 is 0 Å². The quantitative estimate of drug-likeness (QED) is 0.479. The molecular weight excluding hydrogens is 354 g/mol. The molecule has 0 aliphatic rings. The minimum atomic E-state index is -0.800. The molecule has 0 saturated heterocycles. The fourth-order valence-electron chi connectivity index (χ4n) is 3.58. The van der Waals surface area contributed by atoms with Crippen LogP contribution in [0.15, 0.2) is 60.8 Å². The molecule has 2 nitrogen and oxygen atoms in total. The molecule has 0 spiro atoms. The van der Waals surface area contributed by atoms with E-state index in [1.807, 2.05) is 0 Å². The Hall–Kier alpha value is -2.46. The van der Waals surface area contributed by atoms with Crippen LogP contribution < -0.4 is 0 Å². The molecule has 0 radical (unpaired) electrons. The first kappa shape index (κ1) is 20.3. The molecule has 0 atom stereocenters. The van der Waals surface area contributed by atoms with Crippen molar-refractivity contribution < 1.29 is 8.78 Å². The Morgan fingerprint density at radius 1 is 0.893 bits per heavy atom. The van der Waals surface area contributed by atoms with Gasteiger partial charge >= 0.3 is 0 Å². The first-order valence-electron chi connectivity index (χ1n) is 9.76. The standard InChI is InChI=1S/C24H28F2N2/c1-18(2)14-27(15-21-9-10-23(25)24(26)13-21)17-22-8-5-11-28(22)16-20-7-4-6-19(3)12-20/h4-13,18H,14-17H2,1-3H3. The second kappa shape index (κ2) is 9.16. The first-order valence-corrected chi connectivity index (χ1v) is 9.76. The Bertz CT molecular complexity index is 914. The highest BCUT2D eigenvalue weighted by Crippen LogP contribution is 2.17. The van der Waals surface area contributed by atoms with Gasteiger partial charge in [0.25, 0.3) is 0 Å². The summed E-state index contributed by atoms with van der Waals surface area (Å²) in [7, 11) is 0. The number of benzene rings is 2. The van der Waals surface area contributed by atoms with Crippen molar-refractivity contribution in [1.29, 1.82) is 0 Å². The lowest BCUT2D eigenvalue weighted by Gasteiger charge is -2.25. The number of halogens is 2. The van der Waals surface area contributed by atoms with Crippen molar-refractivity contribution in [2.24, 2.45) is 5.92 Å². The molecule has 0 unspecified atom stereocenters. The van der Waals surface area contributed by atoms with Gasteiger partial charge in [-0.15, -0.1) is 0 Å². The van der Waals surface area contributed by atoms with Crippen molar-refractivity contribution in [1.82, 2.24) is 9.47 Å². The molecule has 148 valence electrons. The Morgan fingerprint density at radius 3 is 2.43 bits per heavy atom. The number of aryl methyl sites for hydroxylation is 1. The fraction of sp³-hybridized carbons (Fsp3) is 0.333. The van der Waals surface area contributed by atoms with Gasteiger partial charge in [0.1, 0.15) is 0 Å². The van der Waals surface area contributed by atoms with E-state index in [-0.39, 0.29) is 0 Å². The third-order valence-corrected chi connectivity index (χ3v) is 4.76. The molecule has 0 amide bonds. The highest BCUT2D eigenvalue weighted by molar-refractivity contribution is 5.23. The number of aromatic nitrogens is 1. The van der Waals surface area contributed by atoms with E-state index in [0.717, 1.165) is 25.2 Å². The Labute approximate surface area is 166 Å². The molecule has 0 fully saturated rings. The zero-order valence-corrected chi connectivity index (χ0v) is 16.8. The number of hydrogen-bond acceptors (Lipinski definition) is 1. The van der Waals surface area contributed by atoms with Gasteiger partial charge in [-0.1, -0.05) is 49.7 Å². The normalized spacial score (nSPS) is 11.5. The highest BCUT2D eigenvalue weighted by atomic mass is 19.2. The molecule has 0 aliphatic heterocycles. The van der Waals surface area contributed by atoms with Crippen LogP contribution >= 0.6 is 0 Å². The second-order valence-corrected chi connectivity index (χ2v) is 7.93. The Morgan fingerprint density at radius 2 is 1.71 bits per heavy atom. The maximum Gasteiger partial charge on any atom is 0.159 e. The molecule has 0 aliphatic carbocycles. The summed E-state index contributed by atoms with van der Waals surface area (Å²) in [4.78, 5) is 2.29. The van der Waals surface area contributed by atoms with E-state index in [4.69, 9.17) is 0 Å². The van der Waals surface area contributed by atoms with Crippen LogP contribution in [0.5, 0.6) is 0 Å². The third-order valence-electron chi connectivity index (χ3n) is 4.76. The number of nitrogens with zero attached hydrogens (tertiary/aromatic N) is 2. The number of rotatable bonds is 8. The molecule has 4 heteroatoms. The Balaban J connectivity index is 1.76.